The molecule has 0 aliphatic heterocycles. The Labute approximate surface area is 151 Å². The van der Waals surface area contributed by atoms with Crippen molar-refractivity contribution in [1.82, 2.24) is 0 Å². The van der Waals surface area contributed by atoms with Crippen LogP contribution in [0.1, 0.15) is 71.6 Å². The number of rotatable bonds is 11. The lowest BCUT2D eigenvalue weighted by Crippen LogP contribution is -2.07. The highest BCUT2D eigenvalue weighted by Crippen LogP contribution is 2.38. The van der Waals surface area contributed by atoms with Crippen LogP contribution < -0.4 is 0 Å². The Morgan fingerprint density at radius 2 is 2.08 bits per heavy atom. The van der Waals surface area contributed by atoms with Crippen molar-refractivity contribution in [2.24, 2.45) is 17.0 Å². The molecule has 0 heterocycles. The summed E-state index contributed by atoms with van der Waals surface area (Å²) in [4.78, 5) is 21.6. The molecule has 0 aromatic rings. The minimum atomic E-state index is -0.738. The highest BCUT2D eigenvalue weighted by molar-refractivity contribution is 5.66. The molecule has 3 atom stereocenters. The van der Waals surface area contributed by atoms with Gasteiger partial charge in [-0.15, -0.1) is 11.8 Å². The van der Waals surface area contributed by atoms with Gasteiger partial charge >= 0.3 is 5.97 Å². The van der Waals surface area contributed by atoms with Crippen LogP contribution in [0.3, 0.4) is 0 Å². The number of unbranched alkanes of at least 4 members (excludes halogenated alkanes) is 3. The van der Waals surface area contributed by atoms with Crippen molar-refractivity contribution < 1.29 is 9.90 Å². The SMILES string of the molecule is CC#CCCC/C=C/[C@@H]1C[C@@H](C/C(C)=C\CCCC(=O)O)C[C@H]1N=O. The number of nitrogens with zero attached hydrogens (tertiary/aromatic N) is 1. The maximum atomic E-state index is 11.1. The standard InChI is InChI=1S/C21H31NO3/c1-3-4-5-6-7-8-12-19-15-18(16-20(19)22-25)14-17(2)11-9-10-13-21(23)24/h8,11-12,18-20H,5-7,9-10,13-16H2,1-2H3,(H,23,24)/b12-8+,17-11-/t18-,19-,20-/m1/s1. The second-order valence-corrected chi connectivity index (χ2v) is 6.96. The van der Waals surface area contributed by atoms with Crippen LogP contribution in [0.4, 0.5) is 0 Å². The highest BCUT2D eigenvalue weighted by Gasteiger charge is 2.33. The van der Waals surface area contributed by atoms with Crippen molar-refractivity contribution in [3.05, 3.63) is 28.7 Å². The van der Waals surface area contributed by atoms with Crippen molar-refractivity contribution in [2.75, 3.05) is 0 Å². The van der Waals surface area contributed by atoms with E-state index in [-0.39, 0.29) is 18.4 Å². The number of aliphatic carboxylic acids is 1. The van der Waals surface area contributed by atoms with Gasteiger partial charge in [0.15, 0.2) is 0 Å². The Hall–Kier alpha value is -1.89. The van der Waals surface area contributed by atoms with Crippen molar-refractivity contribution in [2.45, 2.75) is 77.7 Å². The Morgan fingerprint density at radius 1 is 1.28 bits per heavy atom. The fraction of sp³-hybridized carbons (Fsp3) is 0.667. The summed E-state index contributed by atoms with van der Waals surface area (Å²) in [6.07, 6.45) is 14.1. The topological polar surface area (TPSA) is 66.7 Å². The maximum absolute atomic E-state index is 11.1. The molecular weight excluding hydrogens is 314 g/mol. The predicted molar refractivity (Wildman–Crippen MR) is 102 cm³/mol. The van der Waals surface area contributed by atoms with Crippen LogP contribution in [0, 0.1) is 28.6 Å². The third-order valence-electron chi connectivity index (χ3n) is 4.74. The van der Waals surface area contributed by atoms with E-state index in [4.69, 9.17) is 5.11 Å². The van der Waals surface area contributed by atoms with Crippen LogP contribution in [0.2, 0.25) is 0 Å². The lowest BCUT2D eigenvalue weighted by molar-refractivity contribution is -0.137. The molecule has 1 aliphatic rings. The summed E-state index contributed by atoms with van der Waals surface area (Å²) in [5.74, 6) is 5.98. The van der Waals surface area contributed by atoms with E-state index in [1.54, 1.807) is 0 Å². The van der Waals surface area contributed by atoms with Crippen molar-refractivity contribution in [3.63, 3.8) is 0 Å². The number of carboxylic acid groups (broad SMARTS) is 1. The Kier molecular flexibility index (Phi) is 10.6. The molecule has 4 heteroatoms. The zero-order valence-corrected chi connectivity index (χ0v) is 15.5. The third-order valence-corrected chi connectivity index (χ3v) is 4.74. The number of allylic oxidation sites excluding steroid dienone is 3. The van der Waals surface area contributed by atoms with Gasteiger partial charge in [-0.1, -0.05) is 29.0 Å². The molecule has 1 fully saturated rings. The van der Waals surface area contributed by atoms with Crippen LogP contribution in [0.5, 0.6) is 0 Å². The summed E-state index contributed by atoms with van der Waals surface area (Å²) < 4.78 is 0. The molecule has 1 rings (SSSR count). The number of nitroso groups, excluding NO2 is 1. The Morgan fingerprint density at radius 3 is 2.76 bits per heavy atom. The fourth-order valence-corrected chi connectivity index (χ4v) is 3.49. The van der Waals surface area contributed by atoms with Gasteiger partial charge in [-0.25, -0.2) is 0 Å². The van der Waals surface area contributed by atoms with Gasteiger partial charge in [0.2, 0.25) is 0 Å². The largest absolute Gasteiger partial charge is 0.481 e. The van der Waals surface area contributed by atoms with E-state index in [9.17, 15) is 9.70 Å². The number of hydrogen-bond donors (Lipinski definition) is 1. The number of hydrogen-bond acceptors (Lipinski definition) is 3. The van der Waals surface area contributed by atoms with Crippen molar-refractivity contribution in [1.29, 1.82) is 0 Å². The van der Waals surface area contributed by atoms with E-state index in [1.165, 1.54) is 5.57 Å². The van der Waals surface area contributed by atoms with E-state index in [1.807, 2.05) is 6.92 Å². The summed E-state index contributed by atoms with van der Waals surface area (Å²) in [5, 5.41) is 12.0. The van der Waals surface area contributed by atoms with Crippen LogP contribution in [0.15, 0.2) is 29.0 Å². The molecular formula is C21H31NO3. The highest BCUT2D eigenvalue weighted by atomic mass is 16.4. The van der Waals surface area contributed by atoms with Crippen molar-refractivity contribution >= 4 is 5.97 Å². The van der Waals surface area contributed by atoms with Gasteiger partial charge in [0.05, 0.1) is 6.04 Å². The van der Waals surface area contributed by atoms with Crippen LogP contribution in [-0.4, -0.2) is 17.1 Å². The normalized spacial score (nSPS) is 23.4. The smallest absolute Gasteiger partial charge is 0.303 e. The van der Waals surface area contributed by atoms with Gasteiger partial charge in [-0.3, -0.25) is 4.79 Å². The second-order valence-electron chi connectivity index (χ2n) is 6.96. The van der Waals surface area contributed by atoms with E-state index in [0.717, 1.165) is 44.9 Å². The summed E-state index contributed by atoms with van der Waals surface area (Å²) in [5.41, 5.74) is 1.29. The average molecular weight is 345 g/mol. The first-order valence-electron chi connectivity index (χ1n) is 9.33. The van der Waals surface area contributed by atoms with Crippen LogP contribution >= 0.6 is 0 Å². The zero-order valence-electron chi connectivity index (χ0n) is 15.5. The zero-order chi connectivity index (χ0) is 18.5. The van der Waals surface area contributed by atoms with Crippen LogP contribution in [0.25, 0.3) is 0 Å². The first-order valence-corrected chi connectivity index (χ1v) is 9.33. The summed E-state index contributed by atoms with van der Waals surface area (Å²) in [7, 11) is 0. The molecule has 0 bridgehead atoms. The van der Waals surface area contributed by atoms with Gasteiger partial charge in [-0.05, 0) is 64.7 Å². The number of carbonyl (C=O) groups is 1. The molecule has 1 aliphatic carbocycles. The van der Waals surface area contributed by atoms with Gasteiger partial charge < -0.3 is 5.11 Å². The van der Waals surface area contributed by atoms with Crippen molar-refractivity contribution in [3.8, 4) is 11.8 Å². The minimum absolute atomic E-state index is 0.100. The lowest BCUT2D eigenvalue weighted by atomic mass is 9.96. The molecule has 1 N–H and O–H groups in total. The minimum Gasteiger partial charge on any atom is -0.481 e. The average Bonchev–Trinajstić information content (AvgIpc) is 2.96. The molecule has 4 nitrogen and oxygen atoms in total. The second kappa shape index (κ2) is 12.5. The quantitative estimate of drug-likeness (QED) is 0.233. The summed E-state index contributed by atoms with van der Waals surface area (Å²) in [6, 6.07) is -0.100. The maximum Gasteiger partial charge on any atom is 0.303 e. The first kappa shape index (κ1) is 21.2. The molecule has 0 aromatic carbocycles. The van der Waals surface area contributed by atoms with E-state index in [0.29, 0.717) is 12.3 Å². The van der Waals surface area contributed by atoms with E-state index in [2.05, 4.69) is 42.2 Å². The molecule has 25 heavy (non-hydrogen) atoms. The predicted octanol–water partition coefficient (Wildman–Crippen LogP) is 5.49. The van der Waals surface area contributed by atoms with Gasteiger partial charge in [-0.2, -0.15) is 4.91 Å². The van der Waals surface area contributed by atoms with E-state index >= 15 is 0 Å². The van der Waals surface area contributed by atoms with Gasteiger partial charge in [0.25, 0.3) is 0 Å². The first-order chi connectivity index (χ1) is 12.1. The van der Waals surface area contributed by atoms with E-state index < -0.39 is 5.97 Å². The van der Waals surface area contributed by atoms with Gasteiger partial charge in [0, 0.05) is 18.8 Å². The number of carboxylic acids is 1. The molecule has 1 saturated carbocycles. The summed E-state index contributed by atoms with van der Waals surface area (Å²) in [6.45, 7) is 3.96. The van der Waals surface area contributed by atoms with Crippen LogP contribution in [-0.2, 0) is 4.79 Å². The summed E-state index contributed by atoms with van der Waals surface area (Å²) >= 11 is 0. The molecule has 0 radical (unpaired) electrons. The Bertz CT molecular complexity index is 539. The molecule has 0 spiro atoms. The molecule has 138 valence electrons. The monoisotopic (exact) mass is 345 g/mol. The molecule has 0 amide bonds. The fourth-order valence-electron chi connectivity index (χ4n) is 3.49. The Balaban J connectivity index is 2.38. The molecule has 0 saturated heterocycles. The third kappa shape index (κ3) is 9.24. The van der Waals surface area contributed by atoms with Gasteiger partial charge in [0.1, 0.15) is 0 Å². The molecule has 0 aromatic heterocycles. The lowest BCUT2D eigenvalue weighted by Gasteiger charge is -2.09. The molecule has 0 unspecified atom stereocenters.